The number of rotatable bonds is 5. The summed E-state index contributed by atoms with van der Waals surface area (Å²) < 4.78 is 14.9. The van der Waals surface area contributed by atoms with Crippen molar-refractivity contribution in [2.45, 2.75) is 148 Å². The molecule has 1 nitrogen and oxygen atoms in total. The lowest BCUT2D eigenvalue weighted by molar-refractivity contribution is 0.0998. The van der Waals surface area contributed by atoms with Gasteiger partial charge in [-0.3, -0.25) is 0 Å². The second kappa shape index (κ2) is 9.16. The summed E-state index contributed by atoms with van der Waals surface area (Å²) in [6.45, 7) is 12.2. The van der Waals surface area contributed by atoms with Gasteiger partial charge in [-0.15, -0.1) is 0 Å². The summed E-state index contributed by atoms with van der Waals surface area (Å²) in [7, 11) is -2.07. The van der Waals surface area contributed by atoms with Gasteiger partial charge in [0.1, 0.15) is 0 Å². The number of hydrogen-bond donors (Lipinski definition) is 0. The van der Waals surface area contributed by atoms with E-state index in [1.165, 1.54) is 96.3 Å². The summed E-state index contributed by atoms with van der Waals surface area (Å²) in [5.41, 5.74) is 2.57. The van der Waals surface area contributed by atoms with Crippen molar-refractivity contribution in [1.29, 1.82) is 0 Å². The van der Waals surface area contributed by atoms with Gasteiger partial charge < -0.3 is 4.57 Å². The van der Waals surface area contributed by atoms with E-state index in [9.17, 15) is 4.57 Å². The molecule has 164 valence electrons. The van der Waals surface area contributed by atoms with E-state index < -0.39 is 7.14 Å². The van der Waals surface area contributed by atoms with Crippen LogP contribution in [0.5, 0.6) is 0 Å². The van der Waals surface area contributed by atoms with E-state index >= 15 is 0 Å². The van der Waals surface area contributed by atoms with Crippen molar-refractivity contribution in [1.82, 2.24) is 0 Å². The van der Waals surface area contributed by atoms with Crippen molar-refractivity contribution in [2.75, 3.05) is 0 Å². The Morgan fingerprint density at radius 3 is 1.39 bits per heavy atom. The highest BCUT2D eigenvalue weighted by atomic mass is 31.2. The van der Waals surface area contributed by atoms with Gasteiger partial charge in [0.05, 0.1) is 7.14 Å². The zero-order chi connectivity index (χ0) is 20.4. The van der Waals surface area contributed by atoms with Crippen molar-refractivity contribution < 1.29 is 4.57 Å². The molecular formula is C26H49OP. The second-order valence-electron chi connectivity index (χ2n) is 12.6. The Balaban J connectivity index is 1.71. The quantitative estimate of drug-likeness (QED) is 0.415. The molecule has 3 saturated carbocycles. The molecule has 0 saturated heterocycles. The molecule has 0 heterocycles. The van der Waals surface area contributed by atoms with Crippen molar-refractivity contribution >= 4 is 7.14 Å². The van der Waals surface area contributed by atoms with E-state index in [-0.39, 0.29) is 0 Å². The van der Waals surface area contributed by atoms with E-state index in [0.29, 0.717) is 27.8 Å². The van der Waals surface area contributed by atoms with E-state index in [4.69, 9.17) is 0 Å². The first kappa shape index (κ1) is 22.9. The average Bonchev–Trinajstić information content (AvgIpc) is 2.67. The molecule has 3 aliphatic carbocycles. The van der Waals surface area contributed by atoms with Crippen LogP contribution in [0.4, 0.5) is 0 Å². The maximum atomic E-state index is 14.9. The molecule has 3 aliphatic rings. The molecule has 28 heavy (non-hydrogen) atoms. The smallest absolute Gasteiger partial charge is 0.0964 e. The Hall–Kier alpha value is 0.230. The van der Waals surface area contributed by atoms with Crippen LogP contribution < -0.4 is 0 Å². The van der Waals surface area contributed by atoms with Gasteiger partial charge in [-0.05, 0) is 74.5 Å². The minimum atomic E-state index is -2.07. The van der Waals surface area contributed by atoms with Gasteiger partial charge in [-0.2, -0.15) is 0 Å². The molecule has 0 N–H and O–H groups in total. The van der Waals surface area contributed by atoms with Crippen LogP contribution >= 0.6 is 7.14 Å². The van der Waals surface area contributed by atoms with Crippen molar-refractivity contribution in [2.24, 2.45) is 16.7 Å². The van der Waals surface area contributed by atoms with Crippen molar-refractivity contribution in [3.05, 3.63) is 0 Å². The van der Waals surface area contributed by atoms with Gasteiger partial charge in [-0.1, -0.05) is 73.1 Å². The highest BCUT2D eigenvalue weighted by Crippen LogP contribution is 2.69. The first-order chi connectivity index (χ1) is 13.1. The molecule has 0 atom stereocenters. The Labute approximate surface area is 176 Å². The van der Waals surface area contributed by atoms with Crippen LogP contribution in [0.2, 0.25) is 0 Å². The third-order valence-corrected chi connectivity index (χ3v) is 13.6. The van der Waals surface area contributed by atoms with E-state index in [1.54, 1.807) is 0 Å². The average molecular weight is 409 g/mol. The Morgan fingerprint density at radius 2 is 1.00 bits per heavy atom. The third kappa shape index (κ3) is 5.28. The number of hydrogen-bond acceptors (Lipinski definition) is 1. The van der Waals surface area contributed by atoms with Crippen LogP contribution in [0.3, 0.4) is 0 Å². The van der Waals surface area contributed by atoms with Crippen molar-refractivity contribution in [3.63, 3.8) is 0 Å². The molecule has 0 amide bonds. The molecule has 0 bridgehead atoms. The molecule has 0 aromatic carbocycles. The molecule has 0 unspecified atom stereocenters. The molecule has 2 heteroatoms. The summed E-state index contributed by atoms with van der Waals surface area (Å²) >= 11 is 0. The Kier molecular flexibility index (Phi) is 7.49. The molecule has 3 rings (SSSR count). The summed E-state index contributed by atoms with van der Waals surface area (Å²) in [6, 6.07) is 0. The molecule has 0 aliphatic heterocycles. The van der Waals surface area contributed by atoms with Gasteiger partial charge in [0, 0.05) is 17.0 Å². The largest absolute Gasteiger partial charge is 0.323 e. The summed E-state index contributed by atoms with van der Waals surface area (Å²) in [5, 5.41) is 0. The molecular weight excluding hydrogens is 359 g/mol. The van der Waals surface area contributed by atoms with Gasteiger partial charge >= 0.3 is 0 Å². The molecule has 0 aromatic rings. The fraction of sp³-hybridized carbons (Fsp3) is 1.00. The molecule has 0 aromatic heterocycles. The van der Waals surface area contributed by atoms with Crippen LogP contribution in [0, 0.1) is 16.7 Å². The van der Waals surface area contributed by atoms with Gasteiger partial charge in [-0.25, -0.2) is 0 Å². The first-order valence-corrected chi connectivity index (χ1v) is 14.6. The van der Waals surface area contributed by atoms with E-state index in [0.717, 1.165) is 5.92 Å². The normalized spacial score (nSPS) is 29.8. The van der Waals surface area contributed by atoms with Gasteiger partial charge in [0.25, 0.3) is 0 Å². The highest BCUT2D eigenvalue weighted by Gasteiger charge is 2.48. The van der Waals surface area contributed by atoms with E-state index in [2.05, 4.69) is 34.6 Å². The zero-order valence-corrected chi connectivity index (χ0v) is 20.7. The SMILES string of the molecule is CC(C)(C)CC(C)(C)C1CCC(P(=O)(C2CCCCC2)C2CCCCC2)CC1. The zero-order valence-electron chi connectivity index (χ0n) is 19.8. The highest BCUT2D eigenvalue weighted by molar-refractivity contribution is 7.66. The maximum absolute atomic E-state index is 14.9. The molecule has 0 spiro atoms. The van der Waals surface area contributed by atoms with E-state index in [1.807, 2.05) is 0 Å². The lowest BCUT2D eigenvalue weighted by atomic mass is 9.64. The minimum absolute atomic E-state index is 0.403. The monoisotopic (exact) mass is 408 g/mol. The van der Waals surface area contributed by atoms with Gasteiger partial charge in [0.2, 0.25) is 0 Å². The predicted molar refractivity (Wildman–Crippen MR) is 125 cm³/mol. The lowest BCUT2D eigenvalue weighted by Gasteiger charge is -2.47. The summed E-state index contributed by atoms with van der Waals surface area (Å²) in [5.74, 6) is 0.828. The lowest BCUT2D eigenvalue weighted by Crippen LogP contribution is -2.36. The van der Waals surface area contributed by atoms with Crippen LogP contribution in [-0.2, 0) is 4.57 Å². The first-order valence-electron chi connectivity index (χ1n) is 12.7. The van der Waals surface area contributed by atoms with Crippen LogP contribution in [0.25, 0.3) is 0 Å². The van der Waals surface area contributed by atoms with Crippen LogP contribution in [-0.4, -0.2) is 17.0 Å². The van der Waals surface area contributed by atoms with Crippen LogP contribution in [0.15, 0.2) is 0 Å². The third-order valence-electron chi connectivity index (χ3n) is 8.65. The Morgan fingerprint density at radius 1 is 0.607 bits per heavy atom. The van der Waals surface area contributed by atoms with Crippen molar-refractivity contribution in [3.8, 4) is 0 Å². The predicted octanol–water partition coefficient (Wildman–Crippen LogP) is 9.04. The Bertz CT molecular complexity index is 501. The fourth-order valence-electron chi connectivity index (χ4n) is 7.64. The standard InChI is InChI=1S/C26H49OP/c1-25(2,3)20-26(4,5)21-16-18-24(19-17-21)28(27,22-12-8-6-9-13-22)23-14-10-7-11-15-23/h21-24H,6-20H2,1-5H3. The van der Waals surface area contributed by atoms with Gasteiger partial charge in [0.15, 0.2) is 0 Å². The molecule has 3 fully saturated rings. The summed E-state index contributed by atoms with van der Waals surface area (Å²) in [6.07, 6.45) is 19.8. The topological polar surface area (TPSA) is 17.1 Å². The van der Waals surface area contributed by atoms with Crippen LogP contribution in [0.1, 0.15) is 131 Å². The second-order valence-corrected chi connectivity index (χ2v) is 16.3. The molecule has 0 radical (unpaired) electrons. The summed E-state index contributed by atoms with van der Waals surface area (Å²) in [4.78, 5) is 0. The minimum Gasteiger partial charge on any atom is -0.323 e. The fourth-order valence-corrected chi connectivity index (χ4v) is 12.9. The maximum Gasteiger partial charge on any atom is 0.0964 e.